The molecule has 0 saturated carbocycles. The lowest BCUT2D eigenvalue weighted by Gasteiger charge is -2.28. The van der Waals surface area contributed by atoms with E-state index in [1.54, 1.807) is 11.3 Å². The molecule has 0 aliphatic carbocycles. The predicted octanol–water partition coefficient (Wildman–Crippen LogP) is 4.11. The molecule has 0 spiro atoms. The summed E-state index contributed by atoms with van der Waals surface area (Å²) in [7, 11) is 0. The Morgan fingerprint density at radius 2 is 2.18 bits per heavy atom. The van der Waals surface area contributed by atoms with Crippen molar-refractivity contribution in [2.24, 2.45) is 5.92 Å². The Morgan fingerprint density at radius 3 is 2.97 bits per heavy atom. The number of piperidine rings is 1. The fraction of sp³-hybridized carbons (Fsp3) is 0.435. The van der Waals surface area contributed by atoms with Gasteiger partial charge in [-0.1, -0.05) is 31.5 Å². The van der Waals surface area contributed by atoms with Crippen molar-refractivity contribution in [2.45, 2.75) is 38.8 Å². The number of aliphatic hydroxyl groups is 1. The monoisotopic (exact) mass is 485 g/mol. The molecule has 0 amide bonds. The van der Waals surface area contributed by atoms with E-state index in [1.807, 2.05) is 35.0 Å². The second-order valence-corrected chi connectivity index (χ2v) is 10.3. The van der Waals surface area contributed by atoms with Gasteiger partial charge < -0.3 is 21.1 Å². The molecule has 1 aliphatic heterocycles. The number of benzene rings is 1. The van der Waals surface area contributed by atoms with E-state index in [4.69, 9.17) is 21.6 Å². The minimum Gasteiger partial charge on any atom is -0.391 e. The number of thiazole rings is 1. The van der Waals surface area contributed by atoms with Gasteiger partial charge in [-0.15, -0.1) is 11.3 Å². The number of para-hydroxylation sites is 1. The number of aromatic nitrogens is 4. The molecular weight excluding hydrogens is 458 g/mol. The van der Waals surface area contributed by atoms with Crippen LogP contribution in [0.2, 0.25) is 5.02 Å². The maximum absolute atomic E-state index is 10.3. The van der Waals surface area contributed by atoms with Gasteiger partial charge in [-0.05, 0) is 31.0 Å². The van der Waals surface area contributed by atoms with Crippen LogP contribution in [0.15, 0.2) is 30.5 Å². The molecule has 8 nitrogen and oxygen atoms in total. The van der Waals surface area contributed by atoms with Crippen molar-refractivity contribution >= 4 is 50.4 Å². The van der Waals surface area contributed by atoms with Gasteiger partial charge in [-0.3, -0.25) is 0 Å². The van der Waals surface area contributed by atoms with E-state index in [9.17, 15) is 5.11 Å². The van der Waals surface area contributed by atoms with Gasteiger partial charge in [0.15, 0.2) is 5.65 Å². The minimum atomic E-state index is -0.348. The molecule has 0 radical (unpaired) electrons. The molecule has 1 aromatic carbocycles. The third-order valence-electron chi connectivity index (χ3n) is 6.09. The van der Waals surface area contributed by atoms with Gasteiger partial charge in [0.05, 0.1) is 28.6 Å². The summed E-state index contributed by atoms with van der Waals surface area (Å²) in [5.41, 5.74) is 2.76. The Hall–Kier alpha value is -2.46. The van der Waals surface area contributed by atoms with Crippen LogP contribution in [0.1, 0.15) is 36.8 Å². The zero-order valence-electron chi connectivity index (χ0n) is 18.7. The third-order valence-corrected chi connectivity index (χ3v) is 7.42. The van der Waals surface area contributed by atoms with Crippen LogP contribution in [0.4, 0.5) is 11.6 Å². The fourth-order valence-corrected chi connectivity index (χ4v) is 5.38. The van der Waals surface area contributed by atoms with E-state index in [-0.39, 0.29) is 12.0 Å². The van der Waals surface area contributed by atoms with E-state index in [1.165, 1.54) is 0 Å². The maximum atomic E-state index is 10.3. The molecule has 1 aliphatic rings. The molecule has 174 valence electrons. The Bertz CT molecular complexity index is 1270. The Kier molecular flexibility index (Phi) is 6.38. The third kappa shape index (κ3) is 4.63. The number of β-amino-alcohol motifs (C(OH)–C–C–N with tert-alkyl or cyclic N) is 1. The Morgan fingerprint density at radius 1 is 1.30 bits per heavy atom. The first kappa shape index (κ1) is 22.3. The SMILES string of the molecule is CC(C)c1cnn2c(NCc3nc4c(Cl)cccc4s3)cc(NC[C@H]3CCNC[C@@H]3O)nc12. The molecule has 4 N–H and O–H groups in total. The van der Waals surface area contributed by atoms with Crippen molar-refractivity contribution < 1.29 is 5.11 Å². The van der Waals surface area contributed by atoms with E-state index < -0.39 is 0 Å². The lowest BCUT2D eigenvalue weighted by atomic mass is 9.95. The standard InChI is InChI=1S/C23H28ClN7OS/c1-13(2)15-10-28-31-20(27-12-21-30-22-16(24)4-3-5-18(22)33-21)8-19(29-23(15)31)26-9-14-6-7-25-11-17(14)32/h3-5,8,10,13-14,17,25,27,32H,6-7,9,11-12H2,1-2H3,(H,26,29)/t14-,17+/m1/s1. The summed E-state index contributed by atoms with van der Waals surface area (Å²) in [5.74, 6) is 2.11. The number of fused-ring (bicyclic) bond motifs is 2. The maximum Gasteiger partial charge on any atom is 0.163 e. The van der Waals surface area contributed by atoms with Crippen molar-refractivity contribution in [1.82, 2.24) is 24.9 Å². The van der Waals surface area contributed by atoms with Gasteiger partial charge in [-0.25, -0.2) is 9.97 Å². The van der Waals surface area contributed by atoms with Crippen LogP contribution in [-0.2, 0) is 6.54 Å². The van der Waals surface area contributed by atoms with E-state index in [0.717, 1.165) is 51.0 Å². The van der Waals surface area contributed by atoms with E-state index in [2.05, 4.69) is 34.9 Å². The minimum absolute atomic E-state index is 0.197. The van der Waals surface area contributed by atoms with Crippen LogP contribution < -0.4 is 16.0 Å². The lowest BCUT2D eigenvalue weighted by molar-refractivity contribution is 0.0883. The molecule has 33 heavy (non-hydrogen) atoms. The molecule has 10 heteroatoms. The zero-order valence-corrected chi connectivity index (χ0v) is 20.2. The summed E-state index contributed by atoms with van der Waals surface area (Å²) in [6, 6.07) is 7.81. The highest BCUT2D eigenvalue weighted by Gasteiger charge is 2.23. The topological polar surface area (TPSA) is 99.4 Å². The number of nitrogens with one attached hydrogen (secondary N) is 3. The first-order chi connectivity index (χ1) is 16.0. The highest BCUT2D eigenvalue weighted by atomic mass is 35.5. The first-order valence-electron chi connectivity index (χ1n) is 11.3. The highest BCUT2D eigenvalue weighted by Crippen LogP contribution is 2.29. The van der Waals surface area contributed by atoms with Crippen molar-refractivity contribution in [3.63, 3.8) is 0 Å². The zero-order chi connectivity index (χ0) is 22.9. The number of hydrogen-bond donors (Lipinski definition) is 4. The van der Waals surface area contributed by atoms with Crippen LogP contribution >= 0.6 is 22.9 Å². The van der Waals surface area contributed by atoms with Crippen molar-refractivity contribution in [3.8, 4) is 0 Å². The normalized spacial score (nSPS) is 18.9. The summed E-state index contributed by atoms with van der Waals surface area (Å²) in [6.07, 6.45) is 2.47. The van der Waals surface area contributed by atoms with Crippen LogP contribution in [0.3, 0.4) is 0 Å². The van der Waals surface area contributed by atoms with Crippen LogP contribution in [0.25, 0.3) is 15.9 Å². The molecule has 1 saturated heterocycles. The summed E-state index contributed by atoms with van der Waals surface area (Å²) >= 11 is 7.93. The summed E-state index contributed by atoms with van der Waals surface area (Å²) < 4.78 is 2.92. The number of hydrogen-bond acceptors (Lipinski definition) is 8. The second-order valence-electron chi connectivity index (χ2n) is 8.77. The predicted molar refractivity (Wildman–Crippen MR) is 135 cm³/mol. The van der Waals surface area contributed by atoms with Crippen molar-refractivity contribution in [2.75, 3.05) is 30.3 Å². The number of anilines is 2. The second kappa shape index (κ2) is 9.42. The number of rotatable bonds is 7. The van der Waals surface area contributed by atoms with Crippen molar-refractivity contribution in [1.29, 1.82) is 0 Å². The average molecular weight is 486 g/mol. The van der Waals surface area contributed by atoms with Gasteiger partial charge in [0.25, 0.3) is 0 Å². The van der Waals surface area contributed by atoms with E-state index >= 15 is 0 Å². The van der Waals surface area contributed by atoms with E-state index in [0.29, 0.717) is 30.6 Å². The molecule has 0 unspecified atom stereocenters. The molecule has 0 bridgehead atoms. The van der Waals surface area contributed by atoms with Crippen LogP contribution in [-0.4, -0.2) is 50.4 Å². The molecule has 5 rings (SSSR count). The largest absolute Gasteiger partial charge is 0.391 e. The lowest BCUT2D eigenvalue weighted by Crippen LogP contribution is -2.43. The Balaban J connectivity index is 1.41. The quantitative estimate of drug-likeness (QED) is 0.312. The van der Waals surface area contributed by atoms with Gasteiger partial charge >= 0.3 is 0 Å². The van der Waals surface area contributed by atoms with Crippen LogP contribution in [0.5, 0.6) is 0 Å². The van der Waals surface area contributed by atoms with Crippen LogP contribution in [0, 0.1) is 5.92 Å². The first-order valence-corrected chi connectivity index (χ1v) is 12.5. The molecule has 4 aromatic rings. The fourth-order valence-electron chi connectivity index (χ4n) is 4.18. The van der Waals surface area contributed by atoms with Gasteiger partial charge in [-0.2, -0.15) is 9.61 Å². The number of nitrogens with zero attached hydrogens (tertiary/aromatic N) is 4. The van der Waals surface area contributed by atoms with Gasteiger partial charge in [0, 0.05) is 30.6 Å². The van der Waals surface area contributed by atoms with Gasteiger partial charge in [0.1, 0.15) is 22.2 Å². The molecular formula is C23H28ClN7OS. The molecule has 3 aromatic heterocycles. The van der Waals surface area contributed by atoms with Crippen molar-refractivity contribution in [3.05, 3.63) is 46.1 Å². The molecule has 4 heterocycles. The highest BCUT2D eigenvalue weighted by molar-refractivity contribution is 7.18. The summed E-state index contributed by atoms with van der Waals surface area (Å²) in [6.45, 7) is 7.07. The Labute approximate surface area is 201 Å². The number of aliphatic hydroxyl groups excluding tert-OH is 1. The summed E-state index contributed by atoms with van der Waals surface area (Å²) in [5, 5.41) is 26.7. The number of halogens is 1. The molecule has 1 fully saturated rings. The smallest absolute Gasteiger partial charge is 0.163 e. The van der Waals surface area contributed by atoms with Gasteiger partial charge in [0.2, 0.25) is 0 Å². The average Bonchev–Trinajstić information content (AvgIpc) is 3.42. The summed E-state index contributed by atoms with van der Waals surface area (Å²) in [4.78, 5) is 9.55. The molecule has 2 atom stereocenters.